The zero-order valence-corrected chi connectivity index (χ0v) is 9.58. The molecule has 0 radical (unpaired) electrons. The van der Waals surface area contributed by atoms with Gasteiger partial charge in [-0.15, -0.1) is 0 Å². The third kappa shape index (κ3) is 2.73. The second-order valence-electron chi connectivity index (χ2n) is 4.45. The van der Waals surface area contributed by atoms with Crippen molar-refractivity contribution in [3.63, 3.8) is 0 Å². The van der Waals surface area contributed by atoms with Crippen molar-refractivity contribution >= 4 is 5.97 Å². The van der Waals surface area contributed by atoms with Gasteiger partial charge in [-0.2, -0.15) is 0 Å². The van der Waals surface area contributed by atoms with Crippen molar-refractivity contribution < 1.29 is 9.53 Å². The van der Waals surface area contributed by atoms with E-state index in [1.165, 1.54) is 32.8 Å². The summed E-state index contributed by atoms with van der Waals surface area (Å²) in [6, 6.07) is 0. The minimum absolute atomic E-state index is 0.0368. The Morgan fingerprint density at radius 2 is 1.86 bits per heavy atom. The number of hydrogen-bond acceptors (Lipinski definition) is 2. The second-order valence-corrected chi connectivity index (χ2v) is 4.45. The average Bonchev–Trinajstić information content (AvgIpc) is 2.60. The van der Waals surface area contributed by atoms with Gasteiger partial charge in [0, 0.05) is 6.42 Å². The van der Waals surface area contributed by atoms with Crippen molar-refractivity contribution in [2.75, 3.05) is 7.11 Å². The first kappa shape index (κ1) is 11.5. The molecule has 3 unspecified atom stereocenters. The molecule has 2 heteroatoms. The lowest BCUT2D eigenvalue weighted by molar-refractivity contribution is -0.142. The second kappa shape index (κ2) is 5.38. The van der Waals surface area contributed by atoms with Gasteiger partial charge in [-0.1, -0.05) is 26.7 Å². The molecule has 1 aliphatic rings. The highest BCUT2D eigenvalue weighted by Gasteiger charge is 2.33. The predicted molar refractivity (Wildman–Crippen MR) is 56.9 cm³/mol. The summed E-state index contributed by atoms with van der Waals surface area (Å²) in [5, 5.41) is 0. The molecule has 82 valence electrons. The monoisotopic (exact) mass is 198 g/mol. The molecule has 14 heavy (non-hydrogen) atoms. The van der Waals surface area contributed by atoms with Crippen molar-refractivity contribution in [3.05, 3.63) is 0 Å². The van der Waals surface area contributed by atoms with Gasteiger partial charge in [0.1, 0.15) is 0 Å². The van der Waals surface area contributed by atoms with Crippen LogP contribution in [0.5, 0.6) is 0 Å². The van der Waals surface area contributed by atoms with Gasteiger partial charge in [0.05, 0.1) is 7.11 Å². The van der Waals surface area contributed by atoms with Gasteiger partial charge >= 0.3 is 5.97 Å². The summed E-state index contributed by atoms with van der Waals surface area (Å²) < 4.78 is 4.73. The Balaban J connectivity index is 2.46. The van der Waals surface area contributed by atoms with Crippen molar-refractivity contribution in [1.82, 2.24) is 0 Å². The fraction of sp³-hybridized carbons (Fsp3) is 0.917. The first-order valence-corrected chi connectivity index (χ1v) is 5.78. The Hall–Kier alpha value is -0.530. The van der Waals surface area contributed by atoms with E-state index in [2.05, 4.69) is 13.8 Å². The molecule has 0 aromatic heterocycles. The summed E-state index contributed by atoms with van der Waals surface area (Å²) in [5.74, 6) is 2.14. The Morgan fingerprint density at radius 1 is 1.21 bits per heavy atom. The molecule has 0 heterocycles. The molecule has 0 saturated heterocycles. The minimum atomic E-state index is -0.0368. The van der Waals surface area contributed by atoms with Crippen LogP contribution in [-0.4, -0.2) is 13.1 Å². The molecule has 0 aromatic rings. The van der Waals surface area contributed by atoms with Crippen LogP contribution < -0.4 is 0 Å². The van der Waals surface area contributed by atoms with Gasteiger partial charge in [0.15, 0.2) is 0 Å². The fourth-order valence-corrected chi connectivity index (χ4v) is 2.72. The van der Waals surface area contributed by atoms with Crippen LogP contribution in [0.25, 0.3) is 0 Å². The van der Waals surface area contributed by atoms with Gasteiger partial charge in [0.2, 0.25) is 0 Å². The number of esters is 1. The van der Waals surface area contributed by atoms with E-state index in [1.807, 2.05) is 0 Å². The van der Waals surface area contributed by atoms with Crippen LogP contribution in [0.1, 0.15) is 46.0 Å². The topological polar surface area (TPSA) is 26.3 Å². The molecule has 0 amide bonds. The van der Waals surface area contributed by atoms with Crippen molar-refractivity contribution in [3.8, 4) is 0 Å². The molecule has 0 bridgehead atoms. The average molecular weight is 198 g/mol. The number of rotatable bonds is 4. The molecule has 1 rings (SSSR count). The van der Waals surface area contributed by atoms with E-state index in [4.69, 9.17) is 4.74 Å². The molecule has 1 fully saturated rings. The molecule has 0 N–H and O–H groups in total. The van der Waals surface area contributed by atoms with E-state index in [0.29, 0.717) is 12.3 Å². The molecular formula is C12H22O2. The lowest BCUT2D eigenvalue weighted by Crippen LogP contribution is -2.13. The number of carbonyl (C=O) groups excluding carboxylic acids is 1. The molecule has 1 aliphatic carbocycles. The summed E-state index contributed by atoms with van der Waals surface area (Å²) in [6.07, 6.45) is 5.64. The zero-order valence-electron chi connectivity index (χ0n) is 9.58. The van der Waals surface area contributed by atoms with E-state index < -0.39 is 0 Å². The Bertz CT molecular complexity index is 189. The molecule has 2 nitrogen and oxygen atoms in total. The lowest BCUT2D eigenvalue weighted by Gasteiger charge is -2.15. The number of methoxy groups -OCH3 is 1. The Labute approximate surface area is 87.0 Å². The number of ether oxygens (including phenoxy) is 1. The highest BCUT2D eigenvalue weighted by Crippen LogP contribution is 2.41. The fourth-order valence-electron chi connectivity index (χ4n) is 2.72. The third-order valence-corrected chi connectivity index (χ3v) is 3.70. The van der Waals surface area contributed by atoms with E-state index in [0.717, 1.165) is 11.8 Å². The summed E-state index contributed by atoms with van der Waals surface area (Å²) >= 11 is 0. The van der Waals surface area contributed by atoms with E-state index >= 15 is 0 Å². The van der Waals surface area contributed by atoms with Crippen molar-refractivity contribution in [1.29, 1.82) is 0 Å². The quantitative estimate of drug-likeness (QED) is 0.649. The molecule has 3 atom stereocenters. The minimum Gasteiger partial charge on any atom is -0.469 e. The first-order chi connectivity index (χ1) is 6.71. The van der Waals surface area contributed by atoms with Gasteiger partial charge in [-0.25, -0.2) is 0 Å². The highest BCUT2D eigenvalue weighted by atomic mass is 16.5. The Kier molecular flexibility index (Phi) is 4.43. The molecule has 0 aliphatic heterocycles. The maximum Gasteiger partial charge on any atom is 0.305 e. The van der Waals surface area contributed by atoms with Crippen molar-refractivity contribution in [2.45, 2.75) is 46.0 Å². The van der Waals surface area contributed by atoms with Crippen LogP contribution in [0.4, 0.5) is 0 Å². The van der Waals surface area contributed by atoms with Gasteiger partial charge in [-0.05, 0) is 30.6 Å². The lowest BCUT2D eigenvalue weighted by atomic mass is 9.91. The third-order valence-electron chi connectivity index (χ3n) is 3.70. The summed E-state index contributed by atoms with van der Waals surface area (Å²) in [4.78, 5) is 11.2. The van der Waals surface area contributed by atoms with Crippen molar-refractivity contribution in [2.24, 2.45) is 17.8 Å². The van der Waals surface area contributed by atoms with E-state index in [1.54, 1.807) is 0 Å². The summed E-state index contributed by atoms with van der Waals surface area (Å²) in [6.45, 7) is 4.48. The van der Waals surface area contributed by atoms with Gasteiger partial charge in [0.25, 0.3) is 0 Å². The number of carbonyl (C=O) groups is 1. The predicted octanol–water partition coefficient (Wildman–Crippen LogP) is 3.01. The van der Waals surface area contributed by atoms with Crippen LogP contribution in [0, 0.1) is 17.8 Å². The van der Waals surface area contributed by atoms with Crippen LogP contribution in [0.15, 0.2) is 0 Å². The van der Waals surface area contributed by atoms with Gasteiger partial charge in [-0.3, -0.25) is 4.79 Å². The number of hydrogen-bond donors (Lipinski definition) is 0. The zero-order chi connectivity index (χ0) is 10.6. The largest absolute Gasteiger partial charge is 0.469 e. The molecule has 1 saturated carbocycles. The highest BCUT2D eigenvalue weighted by molar-refractivity contribution is 5.69. The summed E-state index contributed by atoms with van der Waals surface area (Å²) in [5.41, 5.74) is 0. The van der Waals surface area contributed by atoms with E-state index in [-0.39, 0.29) is 5.97 Å². The molecule has 0 aromatic carbocycles. The smallest absolute Gasteiger partial charge is 0.305 e. The SMILES string of the molecule is CCC1CC(CC)C(CC(=O)OC)C1. The Morgan fingerprint density at radius 3 is 2.36 bits per heavy atom. The van der Waals surface area contributed by atoms with Gasteiger partial charge < -0.3 is 4.74 Å². The van der Waals surface area contributed by atoms with Crippen LogP contribution in [0.3, 0.4) is 0 Å². The maximum atomic E-state index is 11.2. The van der Waals surface area contributed by atoms with Crippen LogP contribution >= 0.6 is 0 Å². The normalized spacial score (nSPS) is 31.8. The standard InChI is InChI=1S/C12H22O2/c1-4-9-6-10(5-2)11(7-9)8-12(13)14-3/h9-11H,4-8H2,1-3H3. The summed E-state index contributed by atoms with van der Waals surface area (Å²) in [7, 11) is 1.48. The first-order valence-electron chi connectivity index (χ1n) is 5.78. The van der Waals surface area contributed by atoms with Crippen LogP contribution in [0.2, 0.25) is 0 Å². The van der Waals surface area contributed by atoms with Crippen LogP contribution in [-0.2, 0) is 9.53 Å². The molecular weight excluding hydrogens is 176 g/mol. The maximum absolute atomic E-state index is 11.2. The van der Waals surface area contributed by atoms with E-state index in [9.17, 15) is 4.79 Å². The molecule has 0 spiro atoms.